The molecule has 0 aliphatic rings. The largest absolute Gasteiger partial charge is 0.495 e. The average Bonchev–Trinajstić information content (AvgIpc) is 2.94. The summed E-state index contributed by atoms with van der Waals surface area (Å²) in [5.41, 5.74) is 0.506. The third-order valence-corrected chi connectivity index (χ3v) is 2.96. The Bertz CT molecular complexity index is 677. The molecule has 0 bridgehead atoms. The molecule has 6 nitrogen and oxygen atoms in total. The molecule has 1 heterocycles. The van der Waals surface area contributed by atoms with Crippen LogP contribution in [0.3, 0.4) is 0 Å². The molecule has 2 aromatic rings. The number of furan rings is 1. The summed E-state index contributed by atoms with van der Waals surface area (Å²) in [7, 11) is 1.51. The first-order valence-corrected chi connectivity index (χ1v) is 6.72. The normalized spacial score (nSPS) is 11.6. The average molecular weight is 303 g/mol. The SMILES string of the molecule is COc1ccccc1NC(=O)C(C)OC(=O)c1ccc(C)o1. The van der Waals surface area contributed by atoms with Crippen molar-refractivity contribution in [2.24, 2.45) is 0 Å². The number of carbonyl (C=O) groups excluding carboxylic acids is 2. The van der Waals surface area contributed by atoms with Crippen LogP contribution in [0.15, 0.2) is 40.8 Å². The summed E-state index contributed by atoms with van der Waals surface area (Å²) in [5, 5.41) is 2.65. The Kier molecular flexibility index (Phi) is 4.83. The van der Waals surface area contributed by atoms with Crippen molar-refractivity contribution in [1.82, 2.24) is 0 Å². The van der Waals surface area contributed by atoms with Crippen LogP contribution in [0, 0.1) is 6.92 Å². The second kappa shape index (κ2) is 6.80. The van der Waals surface area contributed by atoms with E-state index in [4.69, 9.17) is 13.9 Å². The molecule has 1 aromatic heterocycles. The molecule has 2 rings (SSSR count). The molecule has 22 heavy (non-hydrogen) atoms. The number of para-hydroxylation sites is 2. The van der Waals surface area contributed by atoms with Crippen LogP contribution in [0.5, 0.6) is 5.75 Å². The van der Waals surface area contributed by atoms with Crippen molar-refractivity contribution < 1.29 is 23.5 Å². The molecule has 0 aliphatic carbocycles. The molecule has 116 valence electrons. The van der Waals surface area contributed by atoms with Crippen molar-refractivity contribution in [3.63, 3.8) is 0 Å². The van der Waals surface area contributed by atoms with Crippen molar-refractivity contribution >= 4 is 17.6 Å². The van der Waals surface area contributed by atoms with Crippen LogP contribution < -0.4 is 10.1 Å². The molecular formula is C16H17NO5. The number of hydrogen-bond acceptors (Lipinski definition) is 5. The van der Waals surface area contributed by atoms with E-state index in [0.717, 1.165) is 0 Å². The van der Waals surface area contributed by atoms with Crippen molar-refractivity contribution in [3.05, 3.63) is 47.9 Å². The fourth-order valence-electron chi connectivity index (χ4n) is 1.80. The number of hydrogen-bond donors (Lipinski definition) is 1. The maximum absolute atomic E-state index is 12.1. The van der Waals surface area contributed by atoms with Gasteiger partial charge in [0.2, 0.25) is 5.76 Å². The summed E-state index contributed by atoms with van der Waals surface area (Å²) in [4.78, 5) is 23.9. The minimum absolute atomic E-state index is 0.0643. The molecule has 6 heteroatoms. The lowest BCUT2D eigenvalue weighted by molar-refractivity contribution is -0.123. The van der Waals surface area contributed by atoms with Crippen molar-refractivity contribution in [3.8, 4) is 5.75 Å². The zero-order chi connectivity index (χ0) is 16.1. The predicted molar refractivity (Wildman–Crippen MR) is 79.9 cm³/mol. The number of rotatable bonds is 5. The first-order chi connectivity index (χ1) is 10.5. The number of benzene rings is 1. The Morgan fingerprint density at radius 3 is 2.55 bits per heavy atom. The predicted octanol–water partition coefficient (Wildman–Crippen LogP) is 2.78. The summed E-state index contributed by atoms with van der Waals surface area (Å²) in [6.45, 7) is 3.20. The maximum Gasteiger partial charge on any atom is 0.375 e. The molecule has 0 aliphatic heterocycles. The quantitative estimate of drug-likeness (QED) is 0.859. The van der Waals surface area contributed by atoms with Gasteiger partial charge in [-0.1, -0.05) is 12.1 Å². The molecule has 0 spiro atoms. The molecule has 1 aromatic carbocycles. The van der Waals surface area contributed by atoms with Gasteiger partial charge in [0.1, 0.15) is 11.5 Å². The summed E-state index contributed by atoms with van der Waals surface area (Å²) >= 11 is 0. The number of amides is 1. The van der Waals surface area contributed by atoms with Crippen molar-refractivity contribution in [1.29, 1.82) is 0 Å². The summed E-state index contributed by atoms with van der Waals surface area (Å²) in [6.07, 6.45) is -0.970. The molecule has 1 amide bonds. The van der Waals surface area contributed by atoms with E-state index in [1.54, 1.807) is 37.3 Å². The first kappa shape index (κ1) is 15.6. The third-order valence-electron chi connectivity index (χ3n) is 2.96. The molecule has 0 saturated carbocycles. The molecule has 0 saturated heterocycles. The van der Waals surface area contributed by atoms with Gasteiger partial charge in [-0.25, -0.2) is 4.79 Å². The lowest BCUT2D eigenvalue weighted by atomic mass is 10.2. The number of methoxy groups -OCH3 is 1. The van der Waals surface area contributed by atoms with Gasteiger partial charge in [-0.15, -0.1) is 0 Å². The third kappa shape index (κ3) is 3.66. The van der Waals surface area contributed by atoms with Crippen LogP contribution in [0.4, 0.5) is 5.69 Å². The smallest absolute Gasteiger partial charge is 0.375 e. The van der Waals surface area contributed by atoms with Gasteiger partial charge >= 0.3 is 5.97 Å². The highest BCUT2D eigenvalue weighted by atomic mass is 16.6. The van der Waals surface area contributed by atoms with Gasteiger partial charge in [-0.3, -0.25) is 4.79 Å². The fourth-order valence-corrected chi connectivity index (χ4v) is 1.80. The second-order valence-electron chi connectivity index (χ2n) is 4.65. The number of aryl methyl sites for hydroxylation is 1. The minimum Gasteiger partial charge on any atom is -0.495 e. The second-order valence-corrected chi connectivity index (χ2v) is 4.65. The lowest BCUT2D eigenvalue weighted by Gasteiger charge is -2.14. The van der Waals surface area contributed by atoms with Gasteiger partial charge in [0.05, 0.1) is 12.8 Å². The van der Waals surface area contributed by atoms with E-state index >= 15 is 0 Å². The number of esters is 1. The van der Waals surface area contributed by atoms with E-state index in [1.165, 1.54) is 20.1 Å². The monoisotopic (exact) mass is 303 g/mol. The Hall–Kier alpha value is -2.76. The standard InChI is InChI=1S/C16H17NO5/c1-10-8-9-14(21-10)16(19)22-11(2)15(18)17-12-6-4-5-7-13(12)20-3/h4-9,11H,1-3H3,(H,17,18). The van der Waals surface area contributed by atoms with E-state index in [9.17, 15) is 9.59 Å². The number of nitrogens with one attached hydrogen (secondary N) is 1. The highest BCUT2D eigenvalue weighted by molar-refractivity contribution is 5.97. The summed E-state index contributed by atoms with van der Waals surface area (Å²) in [5.74, 6) is 0.0421. The highest BCUT2D eigenvalue weighted by Gasteiger charge is 2.21. The van der Waals surface area contributed by atoms with E-state index in [-0.39, 0.29) is 5.76 Å². The molecule has 0 fully saturated rings. The van der Waals surface area contributed by atoms with Crippen molar-refractivity contribution in [2.45, 2.75) is 20.0 Å². The fraction of sp³-hybridized carbons (Fsp3) is 0.250. The number of anilines is 1. The molecule has 1 unspecified atom stereocenters. The number of carbonyl (C=O) groups is 2. The van der Waals surface area contributed by atoms with Crippen LogP contribution >= 0.6 is 0 Å². The van der Waals surface area contributed by atoms with Crippen LogP contribution in [0.1, 0.15) is 23.2 Å². The molecule has 0 radical (unpaired) electrons. The van der Waals surface area contributed by atoms with Crippen molar-refractivity contribution in [2.75, 3.05) is 12.4 Å². The maximum atomic E-state index is 12.1. The summed E-state index contributed by atoms with van der Waals surface area (Å²) < 4.78 is 15.4. The minimum atomic E-state index is -0.970. The van der Waals surface area contributed by atoms with Crippen LogP contribution in [0.25, 0.3) is 0 Å². The molecule has 1 N–H and O–H groups in total. The van der Waals surface area contributed by atoms with Gasteiger partial charge in [0.15, 0.2) is 6.10 Å². The first-order valence-electron chi connectivity index (χ1n) is 6.72. The zero-order valence-electron chi connectivity index (χ0n) is 12.6. The van der Waals surface area contributed by atoms with Gasteiger partial charge in [-0.2, -0.15) is 0 Å². The van der Waals surface area contributed by atoms with E-state index in [1.807, 2.05) is 0 Å². The van der Waals surface area contributed by atoms with Crippen LogP contribution in [-0.4, -0.2) is 25.1 Å². The van der Waals surface area contributed by atoms with Crippen LogP contribution in [-0.2, 0) is 9.53 Å². The highest BCUT2D eigenvalue weighted by Crippen LogP contribution is 2.23. The summed E-state index contributed by atoms with van der Waals surface area (Å²) in [6, 6.07) is 10.1. The zero-order valence-corrected chi connectivity index (χ0v) is 12.6. The van der Waals surface area contributed by atoms with E-state index in [0.29, 0.717) is 17.2 Å². The Morgan fingerprint density at radius 1 is 1.18 bits per heavy atom. The Labute approximate surface area is 128 Å². The Balaban J connectivity index is 1.99. The lowest BCUT2D eigenvalue weighted by Crippen LogP contribution is -2.30. The van der Waals surface area contributed by atoms with Crippen LogP contribution in [0.2, 0.25) is 0 Å². The van der Waals surface area contributed by atoms with Gasteiger partial charge in [-0.05, 0) is 38.1 Å². The topological polar surface area (TPSA) is 77.8 Å². The number of ether oxygens (including phenoxy) is 2. The van der Waals surface area contributed by atoms with E-state index < -0.39 is 18.0 Å². The molecule has 1 atom stereocenters. The van der Waals surface area contributed by atoms with E-state index in [2.05, 4.69) is 5.32 Å². The molecular weight excluding hydrogens is 286 g/mol. The Morgan fingerprint density at radius 2 is 1.91 bits per heavy atom. The van der Waals surface area contributed by atoms with Gasteiger partial charge < -0.3 is 19.2 Å². The van der Waals surface area contributed by atoms with Gasteiger partial charge in [0, 0.05) is 0 Å². The van der Waals surface area contributed by atoms with Gasteiger partial charge in [0.25, 0.3) is 5.91 Å².